The molecule has 9 nitrogen and oxygen atoms in total. The van der Waals surface area contributed by atoms with Crippen LogP contribution in [0, 0.1) is 0 Å². The Balaban J connectivity index is 1.46. The molecule has 34 heavy (non-hydrogen) atoms. The van der Waals surface area contributed by atoms with Gasteiger partial charge >= 0.3 is 12.4 Å². The molecular formula is C21H17ClF3N3O6. The smallest absolute Gasteiger partial charge is 0.486 e. The minimum absolute atomic E-state index is 0.167. The monoisotopic (exact) mass is 499 g/mol. The van der Waals surface area contributed by atoms with Crippen LogP contribution in [-0.2, 0) is 15.1 Å². The molecule has 2 aliphatic heterocycles. The van der Waals surface area contributed by atoms with Crippen molar-refractivity contribution in [2.75, 3.05) is 25.1 Å². The Kier molecular flexibility index (Phi) is 5.94. The number of halogens is 4. The predicted octanol–water partition coefficient (Wildman–Crippen LogP) is 3.42. The van der Waals surface area contributed by atoms with Crippen molar-refractivity contribution in [1.82, 2.24) is 10.2 Å². The van der Waals surface area contributed by atoms with Crippen molar-refractivity contribution in [3.63, 3.8) is 0 Å². The first-order chi connectivity index (χ1) is 16.0. The first kappa shape index (κ1) is 23.5. The van der Waals surface area contributed by atoms with Gasteiger partial charge in [-0.1, -0.05) is 23.7 Å². The lowest BCUT2D eigenvalue weighted by Crippen LogP contribution is -2.42. The van der Waals surface area contributed by atoms with Crippen molar-refractivity contribution < 1.29 is 41.8 Å². The number of urea groups is 1. The van der Waals surface area contributed by atoms with E-state index >= 15 is 0 Å². The van der Waals surface area contributed by atoms with Gasteiger partial charge in [0, 0.05) is 12.1 Å². The number of fused-ring (bicyclic) bond motifs is 1. The second-order valence-corrected chi connectivity index (χ2v) is 7.95. The molecule has 2 N–H and O–H groups in total. The molecule has 1 atom stereocenters. The topological polar surface area (TPSA) is 106 Å². The van der Waals surface area contributed by atoms with Crippen molar-refractivity contribution in [1.29, 1.82) is 0 Å². The Labute approximate surface area is 195 Å². The predicted molar refractivity (Wildman–Crippen MR) is 112 cm³/mol. The van der Waals surface area contributed by atoms with E-state index in [0.717, 1.165) is 12.1 Å². The van der Waals surface area contributed by atoms with Crippen molar-refractivity contribution >= 4 is 35.1 Å². The van der Waals surface area contributed by atoms with E-state index in [4.69, 9.17) is 21.1 Å². The number of amides is 4. The molecule has 2 aromatic carbocycles. The summed E-state index contributed by atoms with van der Waals surface area (Å²) in [6.45, 7) is 1.44. The van der Waals surface area contributed by atoms with E-state index in [1.54, 1.807) is 0 Å². The number of carbonyl (C=O) groups excluding carboxylic acids is 3. The number of hydrogen-bond acceptors (Lipinski definition) is 6. The molecule has 2 aliphatic rings. The van der Waals surface area contributed by atoms with Gasteiger partial charge in [-0.2, -0.15) is 0 Å². The summed E-state index contributed by atoms with van der Waals surface area (Å²) in [7, 11) is 0. The summed E-state index contributed by atoms with van der Waals surface area (Å²) in [5.74, 6) is -1.15. The molecule has 13 heteroatoms. The Bertz CT molecular complexity index is 1160. The maximum Gasteiger partial charge on any atom is 0.573 e. The van der Waals surface area contributed by atoms with E-state index < -0.39 is 42.0 Å². The third-order valence-electron chi connectivity index (χ3n) is 5.15. The van der Waals surface area contributed by atoms with Gasteiger partial charge in [0.15, 0.2) is 11.5 Å². The van der Waals surface area contributed by atoms with E-state index in [-0.39, 0.29) is 16.3 Å². The highest BCUT2D eigenvalue weighted by atomic mass is 35.5. The number of rotatable bonds is 5. The third-order valence-corrected chi connectivity index (χ3v) is 5.46. The van der Waals surface area contributed by atoms with Gasteiger partial charge in [0.25, 0.3) is 5.91 Å². The molecule has 0 aliphatic carbocycles. The summed E-state index contributed by atoms with van der Waals surface area (Å²) < 4.78 is 51.8. The van der Waals surface area contributed by atoms with Crippen LogP contribution >= 0.6 is 11.6 Å². The fourth-order valence-corrected chi connectivity index (χ4v) is 3.72. The number of nitrogens with one attached hydrogen (secondary N) is 2. The molecule has 1 fully saturated rings. The fourth-order valence-electron chi connectivity index (χ4n) is 3.52. The van der Waals surface area contributed by atoms with Gasteiger partial charge in [0.1, 0.15) is 31.0 Å². The van der Waals surface area contributed by atoms with E-state index in [2.05, 4.69) is 15.4 Å². The number of anilines is 1. The van der Waals surface area contributed by atoms with Gasteiger partial charge in [-0.3, -0.25) is 14.5 Å². The second-order valence-electron chi connectivity index (χ2n) is 7.54. The number of hydrogen-bond donors (Lipinski definition) is 2. The Hall–Kier alpha value is -3.67. The highest BCUT2D eigenvalue weighted by molar-refractivity contribution is 6.34. The Morgan fingerprint density at radius 2 is 1.79 bits per heavy atom. The summed E-state index contributed by atoms with van der Waals surface area (Å²) in [5, 5.41) is 5.16. The average molecular weight is 500 g/mol. The molecule has 0 radical (unpaired) electrons. The SMILES string of the molecule is CC1(c2ccc(OC(F)(F)F)cc2)NC(=O)N(CC(=O)Nc2cc3c(cc2Cl)OCCO3)C1=O. The molecule has 4 rings (SSSR count). The van der Waals surface area contributed by atoms with E-state index in [1.807, 2.05) is 0 Å². The third kappa shape index (κ3) is 4.67. The Morgan fingerprint density at radius 1 is 1.18 bits per heavy atom. The van der Waals surface area contributed by atoms with Crippen LogP contribution in [0.2, 0.25) is 5.02 Å². The molecule has 0 spiro atoms. The molecule has 4 amide bonds. The zero-order valence-electron chi connectivity index (χ0n) is 17.5. The number of ether oxygens (including phenoxy) is 3. The van der Waals surface area contributed by atoms with Crippen LogP contribution in [0.15, 0.2) is 36.4 Å². The first-order valence-electron chi connectivity index (χ1n) is 9.86. The van der Waals surface area contributed by atoms with E-state index in [1.165, 1.54) is 31.2 Å². The van der Waals surface area contributed by atoms with Crippen LogP contribution in [0.3, 0.4) is 0 Å². The highest BCUT2D eigenvalue weighted by Gasteiger charge is 2.49. The molecule has 2 heterocycles. The molecule has 180 valence electrons. The highest BCUT2D eigenvalue weighted by Crippen LogP contribution is 2.38. The largest absolute Gasteiger partial charge is 0.573 e. The summed E-state index contributed by atoms with van der Waals surface area (Å²) in [6, 6.07) is 6.58. The number of carbonyl (C=O) groups is 3. The van der Waals surface area contributed by atoms with Crippen LogP contribution in [-0.4, -0.2) is 48.9 Å². The van der Waals surface area contributed by atoms with Gasteiger partial charge in [0.05, 0.1) is 10.7 Å². The Morgan fingerprint density at radius 3 is 2.41 bits per heavy atom. The zero-order valence-corrected chi connectivity index (χ0v) is 18.2. The van der Waals surface area contributed by atoms with Crippen LogP contribution in [0.4, 0.5) is 23.7 Å². The summed E-state index contributed by atoms with van der Waals surface area (Å²) in [6.07, 6.45) is -4.87. The number of benzene rings is 2. The quantitative estimate of drug-likeness (QED) is 0.611. The van der Waals surface area contributed by atoms with Crippen molar-refractivity contribution in [2.45, 2.75) is 18.8 Å². The number of alkyl halides is 3. The fraction of sp³-hybridized carbons (Fsp3) is 0.286. The van der Waals surface area contributed by atoms with Crippen LogP contribution in [0.1, 0.15) is 12.5 Å². The van der Waals surface area contributed by atoms with Crippen molar-refractivity contribution in [3.8, 4) is 17.2 Å². The van der Waals surface area contributed by atoms with Gasteiger partial charge < -0.3 is 24.8 Å². The maximum absolute atomic E-state index is 13.0. The molecule has 1 saturated heterocycles. The van der Waals surface area contributed by atoms with Crippen molar-refractivity contribution in [3.05, 3.63) is 47.0 Å². The summed E-state index contributed by atoms with van der Waals surface area (Å²) in [5.41, 5.74) is -1.19. The summed E-state index contributed by atoms with van der Waals surface area (Å²) in [4.78, 5) is 38.7. The molecule has 0 aromatic heterocycles. The number of imide groups is 1. The molecular weight excluding hydrogens is 483 g/mol. The lowest BCUT2D eigenvalue weighted by Gasteiger charge is -2.22. The summed E-state index contributed by atoms with van der Waals surface area (Å²) >= 11 is 6.17. The van der Waals surface area contributed by atoms with Gasteiger partial charge in [-0.15, -0.1) is 13.2 Å². The van der Waals surface area contributed by atoms with E-state index in [0.29, 0.717) is 29.6 Å². The van der Waals surface area contributed by atoms with Crippen LogP contribution in [0.25, 0.3) is 0 Å². The van der Waals surface area contributed by atoms with Gasteiger partial charge in [0.2, 0.25) is 5.91 Å². The minimum atomic E-state index is -4.87. The van der Waals surface area contributed by atoms with Crippen molar-refractivity contribution in [2.24, 2.45) is 0 Å². The van der Waals surface area contributed by atoms with E-state index in [9.17, 15) is 27.6 Å². The maximum atomic E-state index is 13.0. The van der Waals surface area contributed by atoms with Gasteiger partial charge in [-0.25, -0.2) is 4.79 Å². The van der Waals surface area contributed by atoms with Crippen LogP contribution in [0.5, 0.6) is 17.2 Å². The molecule has 2 aromatic rings. The molecule has 0 bridgehead atoms. The lowest BCUT2D eigenvalue weighted by molar-refractivity contribution is -0.274. The van der Waals surface area contributed by atoms with Gasteiger partial charge in [-0.05, 0) is 24.6 Å². The molecule has 1 unspecified atom stereocenters. The minimum Gasteiger partial charge on any atom is -0.486 e. The standard InChI is InChI=1S/C21H17ClF3N3O6/c1-20(11-2-4-12(5-3-11)34-21(23,24)25)18(30)28(19(31)27-20)10-17(29)26-14-9-16-15(8-13(14)22)32-6-7-33-16/h2-5,8-9H,6-7,10H2,1H3,(H,26,29)(H,27,31). The first-order valence-corrected chi connectivity index (χ1v) is 10.2. The normalized spacial score (nSPS) is 19.6. The zero-order chi connectivity index (χ0) is 24.7. The second kappa shape index (κ2) is 8.60. The average Bonchev–Trinajstić information content (AvgIpc) is 2.97. The number of nitrogens with zero attached hydrogens (tertiary/aromatic N) is 1. The molecule has 0 saturated carbocycles. The van der Waals surface area contributed by atoms with Crippen LogP contribution < -0.4 is 24.8 Å². The lowest BCUT2D eigenvalue weighted by atomic mass is 9.92.